The van der Waals surface area contributed by atoms with Gasteiger partial charge in [0.2, 0.25) is 10.0 Å². The maximum atomic E-state index is 14.3. The fraction of sp³-hybridized carbons (Fsp3) is 0.0526. The molecular weight excluding hydrogens is 388 g/mol. The van der Waals surface area contributed by atoms with Gasteiger partial charge in [0.25, 0.3) is 5.91 Å². The van der Waals surface area contributed by atoms with Crippen molar-refractivity contribution in [2.75, 3.05) is 5.32 Å². The summed E-state index contributed by atoms with van der Waals surface area (Å²) in [6.07, 6.45) is 1.53. The van der Waals surface area contributed by atoms with Crippen LogP contribution < -0.4 is 10.0 Å². The molecule has 2 N–H and O–H groups in total. The van der Waals surface area contributed by atoms with Gasteiger partial charge in [-0.2, -0.15) is 0 Å². The van der Waals surface area contributed by atoms with Crippen LogP contribution in [0.3, 0.4) is 0 Å². The van der Waals surface area contributed by atoms with Crippen molar-refractivity contribution < 1.29 is 22.0 Å². The Balaban J connectivity index is 1.72. The number of benzene rings is 2. The van der Waals surface area contributed by atoms with Gasteiger partial charge in [0.05, 0.1) is 22.8 Å². The van der Waals surface area contributed by atoms with E-state index >= 15 is 0 Å². The molecule has 3 aromatic rings. The minimum Gasteiger partial charge on any atom is -0.319 e. The highest BCUT2D eigenvalue weighted by molar-refractivity contribution is 7.89. The number of halogens is 2. The minimum atomic E-state index is -3.97. The number of anilines is 1. The van der Waals surface area contributed by atoms with E-state index in [9.17, 15) is 22.0 Å². The number of amides is 1. The van der Waals surface area contributed by atoms with Crippen molar-refractivity contribution in [2.24, 2.45) is 0 Å². The van der Waals surface area contributed by atoms with Crippen LogP contribution in [-0.2, 0) is 16.6 Å². The molecule has 0 unspecified atom stereocenters. The van der Waals surface area contributed by atoms with Crippen molar-refractivity contribution in [3.8, 4) is 0 Å². The Hall–Kier alpha value is -3.17. The Morgan fingerprint density at radius 3 is 2.39 bits per heavy atom. The Bertz CT molecular complexity index is 1090. The van der Waals surface area contributed by atoms with Crippen molar-refractivity contribution in [1.82, 2.24) is 9.71 Å². The molecule has 0 aliphatic carbocycles. The lowest BCUT2D eigenvalue weighted by atomic mass is 10.2. The number of nitrogens with zero attached hydrogens (tertiary/aromatic N) is 1. The summed E-state index contributed by atoms with van der Waals surface area (Å²) < 4.78 is 54.2. The maximum Gasteiger partial charge on any atom is 0.255 e. The number of carbonyl (C=O) groups is 1. The summed E-state index contributed by atoms with van der Waals surface area (Å²) in [5.74, 6) is -2.07. The number of sulfonamides is 1. The molecule has 0 aliphatic rings. The molecule has 9 heteroatoms. The minimum absolute atomic E-state index is 0.0478. The highest BCUT2D eigenvalue weighted by Gasteiger charge is 2.17. The molecule has 2 aromatic carbocycles. The van der Waals surface area contributed by atoms with Gasteiger partial charge in [0.15, 0.2) is 0 Å². The van der Waals surface area contributed by atoms with Crippen LogP contribution >= 0.6 is 0 Å². The molecule has 1 heterocycles. The fourth-order valence-corrected chi connectivity index (χ4v) is 3.33. The Labute approximate surface area is 160 Å². The smallest absolute Gasteiger partial charge is 0.255 e. The molecule has 6 nitrogen and oxygen atoms in total. The van der Waals surface area contributed by atoms with Gasteiger partial charge in [0, 0.05) is 11.8 Å². The first kappa shape index (κ1) is 19.6. The molecule has 0 spiro atoms. The molecule has 0 fully saturated rings. The van der Waals surface area contributed by atoms with Gasteiger partial charge in [-0.15, -0.1) is 0 Å². The third-order valence-electron chi connectivity index (χ3n) is 3.77. The summed E-state index contributed by atoms with van der Waals surface area (Å²) in [5, 5.41) is 2.32. The fourth-order valence-electron chi connectivity index (χ4n) is 2.32. The van der Waals surface area contributed by atoms with Crippen LogP contribution in [0.2, 0.25) is 0 Å². The van der Waals surface area contributed by atoms with Gasteiger partial charge in [-0.25, -0.2) is 21.9 Å². The number of rotatable bonds is 6. The molecule has 1 amide bonds. The molecule has 28 heavy (non-hydrogen) atoms. The van der Waals surface area contributed by atoms with E-state index < -0.39 is 27.6 Å². The second-order valence-corrected chi connectivity index (χ2v) is 7.52. The zero-order valence-corrected chi connectivity index (χ0v) is 15.2. The van der Waals surface area contributed by atoms with Crippen LogP contribution in [0.1, 0.15) is 16.1 Å². The van der Waals surface area contributed by atoms with Gasteiger partial charge in [0.1, 0.15) is 11.6 Å². The van der Waals surface area contributed by atoms with E-state index in [1.54, 1.807) is 18.2 Å². The molecule has 144 valence electrons. The van der Waals surface area contributed by atoms with Crippen LogP contribution in [0.4, 0.5) is 14.5 Å². The van der Waals surface area contributed by atoms with E-state index in [1.807, 2.05) is 0 Å². The second kappa shape index (κ2) is 8.24. The average molecular weight is 403 g/mol. The Morgan fingerprint density at radius 2 is 1.75 bits per heavy atom. The average Bonchev–Trinajstić information content (AvgIpc) is 2.69. The van der Waals surface area contributed by atoms with Gasteiger partial charge in [-0.05, 0) is 54.6 Å². The van der Waals surface area contributed by atoms with Crippen LogP contribution in [0, 0.1) is 11.6 Å². The predicted molar refractivity (Wildman–Crippen MR) is 99.0 cm³/mol. The lowest BCUT2D eigenvalue weighted by molar-refractivity contribution is 0.102. The molecular formula is C19H15F2N3O3S. The summed E-state index contributed by atoms with van der Waals surface area (Å²) in [4.78, 5) is 15.8. The van der Waals surface area contributed by atoms with E-state index in [1.165, 1.54) is 24.4 Å². The lowest BCUT2D eigenvalue weighted by Crippen LogP contribution is -2.24. The van der Waals surface area contributed by atoms with Crippen molar-refractivity contribution >= 4 is 21.6 Å². The van der Waals surface area contributed by atoms with Gasteiger partial charge in [-0.1, -0.05) is 6.07 Å². The van der Waals surface area contributed by atoms with Crippen molar-refractivity contribution in [1.29, 1.82) is 0 Å². The largest absolute Gasteiger partial charge is 0.319 e. The molecule has 0 aliphatic heterocycles. The van der Waals surface area contributed by atoms with Crippen LogP contribution in [0.25, 0.3) is 0 Å². The summed E-state index contributed by atoms with van der Waals surface area (Å²) in [6, 6.07) is 12.9. The normalized spacial score (nSPS) is 11.2. The zero-order chi connectivity index (χ0) is 20.1. The van der Waals surface area contributed by atoms with Crippen molar-refractivity contribution in [3.63, 3.8) is 0 Å². The third kappa shape index (κ3) is 4.76. The van der Waals surface area contributed by atoms with Crippen LogP contribution in [0.15, 0.2) is 71.8 Å². The Morgan fingerprint density at radius 1 is 1.00 bits per heavy atom. The second-order valence-electron chi connectivity index (χ2n) is 5.75. The predicted octanol–water partition coefficient (Wildman–Crippen LogP) is 3.09. The summed E-state index contributed by atoms with van der Waals surface area (Å²) in [5.41, 5.74) is 0.447. The number of hydrogen-bond donors (Lipinski definition) is 2. The summed E-state index contributed by atoms with van der Waals surface area (Å²) in [6.45, 7) is -0.0478. The molecule has 0 saturated carbocycles. The molecule has 0 radical (unpaired) electrons. The van der Waals surface area contributed by atoms with Gasteiger partial charge < -0.3 is 5.32 Å². The first-order valence-corrected chi connectivity index (χ1v) is 9.59. The first-order chi connectivity index (χ1) is 13.3. The number of aromatic nitrogens is 1. The number of hydrogen-bond acceptors (Lipinski definition) is 4. The summed E-state index contributed by atoms with van der Waals surface area (Å²) in [7, 11) is -3.97. The topological polar surface area (TPSA) is 88.2 Å². The van der Waals surface area contributed by atoms with Gasteiger partial charge >= 0.3 is 0 Å². The molecule has 0 bridgehead atoms. The van der Waals surface area contributed by atoms with E-state index in [-0.39, 0.29) is 22.7 Å². The summed E-state index contributed by atoms with van der Waals surface area (Å²) >= 11 is 0. The van der Waals surface area contributed by atoms with E-state index in [4.69, 9.17) is 0 Å². The van der Waals surface area contributed by atoms with Crippen LogP contribution in [0.5, 0.6) is 0 Å². The van der Waals surface area contributed by atoms with Crippen LogP contribution in [-0.4, -0.2) is 19.3 Å². The standard InChI is InChI=1S/C19H15F2N3O3S/c20-14-6-4-13(5-7-14)19(25)24-18-9-8-16(11-17(18)21)28(26,27)23-12-15-3-1-2-10-22-15/h1-11,23H,12H2,(H,24,25). The lowest BCUT2D eigenvalue weighted by Gasteiger charge is -2.10. The number of carbonyl (C=O) groups excluding carboxylic acids is 1. The molecule has 1 aromatic heterocycles. The number of nitrogens with one attached hydrogen (secondary N) is 2. The van der Waals surface area contributed by atoms with Crippen molar-refractivity contribution in [3.05, 3.63) is 89.8 Å². The maximum absolute atomic E-state index is 14.3. The molecule has 0 saturated heterocycles. The van der Waals surface area contributed by atoms with E-state index in [2.05, 4.69) is 15.0 Å². The van der Waals surface area contributed by atoms with Gasteiger partial charge in [-0.3, -0.25) is 9.78 Å². The number of pyridine rings is 1. The third-order valence-corrected chi connectivity index (χ3v) is 5.17. The quantitative estimate of drug-likeness (QED) is 0.662. The highest BCUT2D eigenvalue weighted by atomic mass is 32.2. The van der Waals surface area contributed by atoms with E-state index in [0.717, 1.165) is 24.3 Å². The zero-order valence-electron chi connectivity index (χ0n) is 14.4. The monoisotopic (exact) mass is 403 g/mol. The van der Waals surface area contributed by atoms with Crippen molar-refractivity contribution in [2.45, 2.75) is 11.4 Å². The Kier molecular flexibility index (Phi) is 5.76. The SMILES string of the molecule is O=C(Nc1ccc(S(=O)(=O)NCc2ccccn2)cc1F)c1ccc(F)cc1. The molecule has 0 atom stereocenters. The van der Waals surface area contributed by atoms with E-state index in [0.29, 0.717) is 5.69 Å². The first-order valence-electron chi connectivity index (χ1n) is 8.11. The highest BCUT2D eigenvalue weighted by Crippen LogP contribution is 2.20. The molecule has 3 rings (SSSR count).